The van der Waals surface area contributed by atoms with Gasteiger partial charge >= 0.3 is 5.97 Å². The second kappa shape index (κ2) is 4.93. The van der Waals surface area contributed by atoms with Crippen LogP contribution in [0.25, 0.3) is 0 Å². The first-order chi connectivity index (χ1) is 9.41. The zero-order chi connectivity index (χ0) is 14.9. The number of benzene rings is 2. The maximum Gasteiger partial charge on any atom is 0.336 e. The number of hydrogen-bond acceptors (Lipinski definition) is 5. The Labute approximate surface area is 113 Å². The van der Waals surface area contributed by atoms with Crippen molar-refractivity contribution >= 4 is 11.8 Å². The first-order valence-corrected chi connectivity index (χ1v) is 5.53. The molecule has 0 aliphatic carbocycles. The summed E-state index contributed by atoms with van der Waals surface area (Å²) in [4.78, 5) is 23.3. The molecular weight excluding hydrogens is 264 g/mol. The molecule has 2 aromatic rings. The van der Waals surface area contributed by atoms with E-state index < -0.39 is 28.8 Å². The minimum Gasteiger partial charge on any atom is -0.507 e. The summed E-state index contributed by atoms with van der Waals surface area (Å²) in [5.41, 5.74) is -0.886. The van der Waals surface area contributed by atoms with Crippen molar-refractivity contribution < 1.29 is 30.0 Å². The van der Waals surface area contributed by atoms with E-state index in [2.05, 4.69) is 0 Å². The van der Waals surface area contributed by atoms with E-state index >= 15 is 0 Å². The van der Waals surface area contributed by atoms with Gasteiger partial charge in [0.15, 0.2) is 17.3 Å². The number of phenols is 3. The van der Waals surface area contributed by atoms with Gasteiger partial charge in [0.2, 0.25) is 0 Å². The van der Waals surface area contributed by atoms with Crippen LogP contribution < -0.4 is 0 Å². The molecule has 6 nitrogen and oxygen atoms in total. The van der Waals surface area contributed by atoms with Crippen LogP contribution in [0.5, 0.6) is 17.2 Å². The summed E-state index contributed by atoms with van der Waals surface area (Å²) in [7, 11) is 0. The van der Waals surface area contributed by atoms with Gasteiger partial charge in [-0.25, -0.2) is 4.79 Å². The SMILES string of the molecule is O=C(O)c1cc(O)c(O)cc1C(=O)c1ccccc1O. The Hall–Kier alpha value is -3.02. The first kappa shape index (κ1) is 13.4. The predicted octanol–water partition coefficient (Wildman–Crippen LogP) is 1.73. The fraction of sp³-hybridized carbons (Fsp3) is 0. The van der Waals surface area contributed by atoms with Crippen LogP contribution in [0.15, 0.2) is 36.4 Å². The van der Waals surface area contributed by atoms with Crippen LogP contribution in [0.2, 0.25) is 0 Å². The Balaban J connectivity index is 2.63. The summed E-state index contributed by atoms with van der Waals surface area (Å²) in [6.45, 7) is 0. The minimum absolute atomic E-state index is 0.0971. The summed E-state index contributed by atoms with van der Waals surface area (Å²) in [5, 5.41) is 37.4. The number of phenolic OH excluding ortho intramolecular Hbond substituents is 3. The molecule has 2 rings (SSSR count). The Bertz CT molecular complexity index is 705. The molecule has 0 heterocycles. The van der Waals surface area contributed by atoms with Gasteiger partial charge in [-0.05, 0) is 24.3 Å². The molecule has 102 valence electrons. The van der Waals surface area contributed by atoms with Gasteiger partial charge in [-0.15, -0.1) is 0 Å². The van der Waals surface area contributed by atoms with Gasteiger partial charge < -0.3 is 20.4 Å². The normalized spacial score (nSPS) is 10.2. The zero-order valence-corrected chi connectivity index (χ0v) is 10.1. The molecule has 0 saturated carbocycles. The number of carboxylic acid groups (broad SMARTS) is 1. The number of aromatic hydroxyl groups is 3. The molecule has 0 amide bonds. The Kier molecular flexibility index (Phi) is 3.30. The number of carboxylic acids is 1. The van der Waals surface area contributed by atoms with Gasteiger partial charge in [-0.2, -0.15) is 0 Å². The number of ketones is 1. The number of carbonyl (C=O) groups excluding carboxylic acids is 1. The average molecular weight is 274 g/mol. The van der Waals surface area contributed by atoms with Gasteiger partial charge in [0.1, 0.15) is 5.75 Å². The molecule has 6 heteroatoms. The first-order valence-electron chi connectivity index (χ1n) is 5.53. The largest absolute Gasteiger partial charge is 0.507 e. The third-order valence-corrected chi connectivity index (χ3v) is 2.74. The van der Waals surface area contributed by atoms with Gasteiger partial charge in [0.05, 0.1) is 11.1 Å². The maximum atomic E-state index is 12.2. The lowest BCUT2D eigenvalue weighted by molar-refractivity contribution is 0.0692. The third kappa shape index (κ3) is 2.26. The topological polar surface area (TPSA) is 115 Å². The van der Waals surface area contributed by atoms with Crippen molar-refractivity contribution in [3.63, 3.8) is 0 Å². The van der Waals surface area contributed by atoms with Gasteiger partial charge in [0.25, 0.3) is 0 Å². The minimum atomic E-state index is -1.43. The van der Waals surface area contributed by atoms with Crippen LogP contribution >= 0.6 is 0 Å². The van der Waals surface area contributed by atoms with E-state index in [4.69, 9.17) is 5.11 Å². The molecule has 0 atom stereocenters. The van der Waals surface area contributed by atoms with Gasteiger partial charge in [0, 0.05) is 5.56 Å². The van der Waals surface area contributed by atoms with Crippen molar-refractivity contribution in [2.75, 3.05) is 0 Å². The van der Waals surface area contributed by atoms with E-state index in [1.54, 1.807) is 0 Å². The number of carbonyl (C=O) groups is 2. The van der Waals surface area contributed by atoms with Crippen molar-refractivity contribution in [1.82, 2.24) is 0 Å². The van der Waals surface area contributed by atoms with Crippen LogP contribution in [0.1, 0.15) is 26.3 Å². The molecular formula is C14H10O6. The molecule has 0 saturated heterocycles. The van der Waals surface area contributed by atoms with Crippen molar-refractivity contribution in [3.05, 3.63) is 53.1 Å². The Morgan fingerprint density at radius 3 is 1.85 bits per heavy atom. The van der Waals surface area contributed by atoms with E-state index in [1.807, 2.05) is 0 Å². The smallest absolute Gasteiger partial charge is 0.336 e. The monoisotopic (exact) mass is 274 g/mol. The van der Waals surface area contributed by atoms with Crippen LogP contribution in [0, 0.1) is 0 Å². The molecule has 0 unspecified atom stereocenters. The second-order valence-electron chi connectivity index (χ2n) is 4.04. The van der Waals surface area contributed by atoms with Crippen LogP contribution in [-0.2, 0) is 0 Å². The number of rotatable bonds is 3. The lowest BCUT2D eigenvalue weighted by Crippen LogP contribution is -2.10. The molecule has 0 spiro atoms. The quantitative estimate of drug-likeness (QED) is 0.500. The molecule has 0 aliphatic rings. The van der Waals surface area contributed by atoms with E-state index in [0.717, 1.165) is 12.1 Å². The zero-order valence-electron chi connectivity index (χ0n) is 10.1. The predicted molar refractivity (Wildman–Crippen MR) is 68.3 cm³/mol. The Morgan fingerprint density at radius 2 is 1.30 bits per heavy atom. The van der Waals surface area contributed by atoms with Crippen molar-refractivity contribution in [1.29, 1.82) is 0 Å². The molecule has 0 aliphatic heterocycles. The molecule has 2 aromatic carbocycles. The third-order valence-electron chi connectivity index (χ3n) is 2.74. The summed E-state index contributed by atoms with van der Waals surface area (Å²) in [6.07, 6.45) is 0. The molecule has 0 bridgehead atoms. The fourth-order valence-electron chi connectivity index (χ4n) is 1.75. The van der Waals surface area contributed by atoms with Crippen LogP contribution in [-0.4, -0.2) is 32.2 Å². The second-order valence-corrected chi connectivity index (χ2v) is 4.04. The molecule has 4 N–H and O–H groups in total. The summed E-state index contributed by atoms with van der Waals surface area (Å²) < 4.78 is 0. The number of aromatic carboxylic acids is 1. The van der Waals surface area contributed by atoms with Crippen LogP contribution in [0.3, 0.4) is 0 Å². The van der Waals surface area contributed by atoms with Gasteiger partial charge in [-0.1, -0.05) is 12.1 Å². The van der Waals surface area contributed by atoms with Crippen LogP contribution in [0.4, 0.5) is 0 Å². The molecule has 0 radical (unpaired) electrons. The Morgan fingerprint density at radius 1 is 0.750 bits per heavy atom. The number of para-hydroxylation sites is 1. The highest BCUT2D eigenvalue weighted by molar-refractivity contribution is 6.15. The average Bonchev–Trinajstić information content (AvgIpc) is 2.41. The summed E-state index contributed by atoms with van der Waals surface area (Å²) in [5.74, 6) is -3.76. The molecule has 0 aromatic heterocycles. The van der Waals surface area contributed by atoms with Crippen molar-refractivity contribution in [2.45, 2.75) is 0 Å². The van der Waals surface area contributed by atoms with E-state index in [0.29, 0.717) is 0 Å². The fourth-order valence-corrected chi connectivity index (χ4v) is 1.75. The van der Waals surface area contributed by atoms with Gasteiger partial charge in [-0.3, -0.25) is 4.79 Å². The highest BCUT2D eigenvalue weighted by atomic mass is 16.4. The van der Waals surface area contributed by atoms with E-state index in [9.17, 15) is 24.9 Å². The summed E-state index contributed by atoms with van der Waals surface area (Å²) in [6, 6.07) is 7.27. The lowest BCUT2D eigenvalue weighted by Gasteiger charge is -2.08. The standard InChI is InChI=1S/C14H10O6/c15-10-4-2-1-3-7(10)13(18)8-5-11(16)12(17)6-9(8)14(19)20/h1-6,15-17H,(H,19,20). The highest BCUT2D eigenvalue weighted by Gasteiger charge is 2.22. The van der Waals surface area contributed by atoms with E-state index in [1.165, 1.54) is 24.3 Å². The van der Waals surface area contributed by atoms with Crippen molar-refractivity contribution in [2.24, 2.45) is 0 Å². The molecule has 0 fully saturated rings. The number of hydrogen-bond donors (Lipinski definition) is 4. The maximum absolute atomic E-state index is 12.2. The van der Waals surface area contributed by atoms with Crippen molar-refractivity contribution in [3.8, 4) is 17.2 Å². The summed E-state index contributed by atoms with van der Waals surface area (Å²) >= 11 is 0. The lowest BCUT2D eigenvalue weighted by atomic mass is 9.97. The van der Waals surface area contributed by atoms with E-state index in [-0.39, 0.29) is 16.9 Å². The highest BCUT2D eigenvalue weighted by Crippen LogP contribution is 2.31. The molecule has 20 heavy (non-hydrogen) atoms.